The van der Waals surface area contributed by atoms with Gasteiger partial charge in [-0.3, -0.25) is 0 Å². The molecule has 0 aliphatic heterocycles. The molecule has 0 heterocycles. The summed E-state index contributed by atoms with van der Waals surface area (Å²) in [5.41, 5.74) is 8.55. The summed E-state index contributed by atoms with van der Waals surface area (Å²) in [6.07, 6.45) is 6.68. The average Bonchev–Trinajstić information content (AvgIpc) is 2.92. The zero-order chi connectivity index (χ0) is 15.4. The third-order valence-electron chi connectivity index (χ3n) is 4.52. The smallest absolute Gasteiger partial charge is 0.0380 e. The Morgan fingerprint density at radius 1 is 1.24 bits per heavy atom. The Morgan fingerprint density at radius 2 is 1.90 bits per heavy atom. The monoisotopic (exact) mass is 352 g/mol. The van der Waals surface area contributed by atoms with Crippen molar-refractivity contribution < 1.29 is 0 Å². The Morgan fingerprint density at radius 3 is 2.43 bits per heavy atom. The second kappa shape index (κ2) is 7.64. The van der Waals surface area contributed by atoms with Gasteiger partial charge in [-0.2, -0.15) is 0 Å². The van der Waals surface area contributed by atoms with Crippen molar-refractivity contribution in [1.82, 2.24) is 0 Å². The maximum absolute atomic E-state index is 6.02. The molecule has 2 N–H and O–H groups in total. The molecule has 1 aromatic rings. The minimum atomic E-state index is 0.0732. The van der Waals surface area contributed by atoms with Gasteiger partial charge in [-0.15, -0.1) is 0 Å². The summed E-state index contributed by atoms with van der Waals surface area (Å²) in [5, 5.41) is 0. The third kappa shape index (κ3) is 4.46. The van der Waals surface area contributed by atoms with E-state index in [1.807, 2.05) is 6.92 Å². The van der Waals surface area contributed by atoms with Gasteiger partial charge >= 0.3 is 0 Å². The molecule has 0 amide bonds. The molecular weight excluding hydrogens is 324 g/mol. The van der Waals surface area contributed by atoms with Gasteiger partial charge in [0.2, 0.25) is 0 Å². The maximum Gasteiger partial charge on any atom is 0.0380 e. The number of benzene rings is 1. The van der Waals surface area contributed by atoms with Crippen molar-refractivity contribution in [2.24, 2.45) is 11.7 Å². The summed E-state index contributed by atoms with van der Waals surface area (Å²) in [6, 6.07) is 7.49. The maximum atomic E-state index is 6.02. The lowest BCUT2D eigenvalue weighted by Gasteiger charge is -2.32. The van der Waals surface area contributed by atoms with E-state index in [0.717, 1.165) is 23.0 Å². The molecule has 0 bridgehead atoms. The van der Waals surface area contributed by atoms with E-state index in [-0.39, 0.29) is 6.04 Å². The molecule has 0 radical (unpaired) electrons. The van der Waals surface area contributed by atoms with Crippen LogP contribution in [0.15, 0.2) is 22.7 Å². The highest BCUT2D eigenvalue weighted by Gasteiger charge is 2.23. The molecule has 1 atom stereocenters. The number of rotatable bonds is 6. The molecule has 21 heavy (non-hydrogen) atoms. The van der Waals surface area contributed by atoms with Gasteiger partial charge in [-0.1, -0.05) is 48.7 Å². The molecule has 0 unspecified atom stereocenters. The fraction of sp³-hybridized carbons (Fsp3) is 0.667. The summed E-state index contributed by atoms with van der Waals surface area (Å²) in [6.45, 7) is 7.81. The standard InChI is InChI=1S/C18H29BrN2/c1-13(2)10-11-21(15-6-4-5-7-15)16-8-9-17(14(3)20)18(19)12-16/h8-9,12-15H,4-7,10-11,20H2,1-3H3/t14-/m1/s1. The number of nitrogens with two attached hydrogens (primary N) is 1. The summed E-state index contributed by atoms with van der Waals surface area (Å²) in [4.78, 5) is 2.63. The fourth-order valence-electron chi connectivity index (χ4n) is 3.20. The number of anilines is 1. The largest absolute Gasteiger partial charge is 0.369 e. The second-order valence-electron chi connectivity index (χ2n) is 6.81. The van der Waals surface area contributed by atoms with E-state index in [4.69, 9.17) is 5.73 Å². The minimum absolute atomic E-state index is 0.0732. The predicted molar refractivity (Wildman–Crippen MR) is 95.8 cm³/mol. The lowest BCUT2D eigenvalue weighted by molar-refractivity contribution is 0.528. The van der Waals surface area contributed by atoms with E-state index in [9.17, 15) is 0 Å². The number of nitrogens with zero attached hydrogens (tertiary/aromatic N) is 1. The highest BCUT2D eigenvalue weighted by molar-refractivity contribution is 9.10. The quantitative estimate of drug-likeness (QED) is 0.755. The molecule has 1 fully saturated rings. The first-order chi connectivity index (χ1) is 9.99. The van der Waals surface area contributed by atoms with Crippen molar-refractivity contribution in [3.63, 3.8) is 0 Å². The molecule has 2 nitrogen and oxygen atoms in total. The summed E-state index contributed by atoms with van der Waals surface area (Å²) in [7, 11) is 0. The molecule has 1 aliphatic rings. The Kier molecular flexibility index (Phi) is 6.12. The number of hydrogen-bond acceptors (Lipinski definition) is 2. The lowest BCUT2D eigenvalue weighted by atomic mass is 10.1. The van der Waals surface area contributed by atoms with Crippen molar-refractivity contribution in [2.75, 3.05) is 11.4 Å². The van der Waals surface area contributed by atoms with Crippen LogP contribution in [0.5, 0.6) is 0 Å². The van der Waals surface area contributed by atoms with E-state index in [2.05, 4.69) is 52.9 Å². The molecule has 0 spiro atoms. The third-order valence-corrected chi connectivity index (χ3v) is 5.21. The van der Waals surface area contributed by atoms with Crippen LogP contribution in [0.1, 0.15) is 64.5 Å². The Bertz CT molecular complexity index is 451. The molecule has 1 aliphatic carbocycles. The molecule has 0 aromatic heterocycles. The molecular formula is C18H29BrN2. The molecule has 3 heteroatoms. The molecule has 2 rings (SSSR count). The number of halogens is 1. The predicted octanol–water partition coefficient (Wildman–Crippen LogP) is 5.26. The van der Waals surface area contributed by atoms with Crippen LogP contribution in [0.4, 0.5) is 5.69 Å². The van der Waals surface area contributed by atoms with Gasteiger partial charge in [0.05, 0.1) is 0 Å². The van der Waals surface area contributed by atoms with E-state index < -0.39 is 0 Å². The van der Waals surface area contributed by atoms with Gasteiger partial charge in [-0.25, -0.2) is 0 Å². The van der Waals surface area contributed by atoms with Crippen LogP contribution >= 0.6 is 15.9 Å². The first-order valence-electron chi connectivity index (χ1n) is 8.30. The number of hydrogen-bond donors (Lipinski definition) is 1. The second-order valence-corrected chi connectivity index (χ2v) is 7.66. The average molecular weight is 353 g/mol. The first-order valence-corrected chi connectivity index (χ1v) is 9.10. The van der Waals surface area contributed by atoms with Crippen LogP contribution in [0.25, 0.3) is 0 Å². The van der Waals surface area contributed by atoms with Gasteiger partial charge in [0.15, 0.2) is 0 Å². The molecule has 1 aromatic carbocycles. The van der Waals surface area contributed by atoms with Crippen LogP contribution < -0.4 is 10.6 Å². The van der Waals surface area contributed by atoms with Crippen LogP contribution in [-0.2, 0) is 0 Å². The zero-order valence-corrected chi connectivity index (χ0v) is 15.2. The Labute approximate surface area is 138 Å². The van der Waals surface area contributed by atoms with Crippen molar-refractivity contribution in [3.8, 4) is 0 Å². The topological polar surface area (TPSA) is 29.3 Å². The van der Waals surface area contributed by atoms with Crippen molar-refractivity contribution in [1.29, 1.82) is 0 Å². The molecule has 118 valence electrons. The van der Waals surface area contributed by atoms with Crippen LogP contribution in [0.3, 0.4) is 0 Å². The summed E-state index contributed by atoms with van der Waals surface area (Å²) >= 11 is 3.70. The Hall–Kier alpha value is -0.540. The van der Waals surface area contributed by atoms with Gasteiger partial charge in [0.1, 0.15) is 0 Å². The van der Waals surface area contributed by atoms with Crippen LogP contribution in [0, 0.1) is 5.92 Å². The summed E-state index contributed by atoms with van der Waals surface area (Å²) in [5.74, 6) is 0.751. The van der Waals surface area contributed by atoms with E-state index >= 15 is 0 Å². The minimum Gasteiger partial charge on any atom is -0.369 e. The van der Waals surface area contributed by atoms with E-state index in [1.54, 1.807) is 0 Å². The molecule has 1 saturated carbocycles. The summed E-state index contributed by atoms with van der Waals surface area (Å²) < 4.78 is 1.14. The highest BCUT2D eigenvalue weighted by Crippen LogP contribution is 2.32. The van der Waals surface area contributed by atoms with Crippen LogP contribution in [0.2, 0.25) is 0 Å². The Balaban J connectivity index is 2.20. The highest BCUT2D eigenvalue weighted by atomic mass is 79.9. The van der Waals surface area contributed by atoms with Gasteiger partial charge < -0.3 is 10.6 Å². The van der Waals surface area contributed by atoms with Crippen LogP contribution in [-0.4, -0.2) is 12.6 Å². The SMILES string of the molecule is CC(C)CCN(c1ccc([C@@H](C)N)c(Br)c1)C1CCCC1. The fourth-order valence-corrected chi connectivity index (χ4v) is 3.93. The normalized spacial score (nSPS) is 17.4. The van der Waals surface area contributed by atoms with Gasteiger partial charge in [0.25, 0.3) is 0 Å². The van der Waals surface area contributed by atoms with E-state index in [0.29, 0.717) is 0 Å². The van der Waals surface area contributed by atoms with Gasteiger partial charge in [-0.05, 0) is 49.8 Å². The van der Waals surface area contributed by atoms with Crippen molar-refractivity contribution in [2.45, 2.75) is 65.0 Å². The lowest BCUT2D eigenvalue weighted by Crippen LogP contribution is -2.34. The van der Waals surface area contributed by atoms with Crippen molar-refractivity contribution in [3.05, 3.63) is 28.2 Å². The van der Waals surface area contributed by atoms with Gasteiger partial charge in [0, 0.05) is 28.8 Å². The molecule has 0 saturated heterocycles. The zero-order valence-electron chi connectivity index (χ0n) is 13.6. The van der Waals surface area contributed by atoms with Crippen molar-refractivity contribution >= 4 is 21.6 Å². The first kappa shape index (κ1) is 16.8. The van der Waals surface area contributed by atoms with E-state index in [1.165, 1.54) is 43.4 Å².